The van der Waals surface area contributed by atoms with E-state index in [-0.39, 0.29) is 24.4 Å². The molecule has 1 atom stereocenters. The van der Waals surface area contributed by atoms with Crippen LogP contribution in [0.25, 0.3) is 0 Å². The van der Waals surface area contributed by atoms with Crippen molar-refractivity contribution in [2.24, 2.45) is 5.73 Å². The lowest BCUT2D eigenvalue weighted by Gasteiger charge is -2.16. The molecule has 2 amide bonds. The number of nitrogens with one attached hydrogen (secondary N) is 1. The van der Waals surface area contributed by atoms with Gasteiger partial charge in [0.15, 0.2) is 0 Å². The van der Waals surface area contributed by atoms with E-state index in [1.165, 1.54) is 0 Å². The number of hydrogen-bond donors (Lipinski definition) is 2. The van der Waals surface area contributed by atoms with Gasteiger partial charge in [0.05, 0.1) is 6.54 Å². The van der Waals surface area contributed by atoms with Gasteiger partial charge in [0.25, 0.3) is 0 Å². The first-order chi connectivity index (χ1) is 7.13. The highest BCUT2D eigenvalue weighted by Crippen LogP contribution is 2.08. The van der Waals surface area contributed by atoms with E-state index in [4.69, 9.17) is 5.73 Å². The molecule has 0 spiro atoms. The molecule has 1 fully saturated rings. The van der Waals surface area contributed by atoms with E-state index in [2.05, 4.69) is 5.32 Å². The van der Waals surface area contributed by atoms with Crippen molar-refractivity contribution in [2.45, 2.75) is 32.2 Å². The van der Waals surface area contributed by atoms with Crippen LogP contribution in [0.4, 0.5) is 0 Å². The van der Waals surface area contributed by atoms with Gasteiger partial charge in [-0.2, -0.15) is 0 Å². The van der Waals surface area contributed by atoms with E-state index < -0.39 is 0 Å². The Morgan fingerprint density at radius 1 is 1.67 bits per heavy atom. The Balaban J connectivity index is 2.21. The highest BCUT2D eigenvalue weighted by atomic mass is 16.2. The Kier molecular flexibility index (Phi) is 4.55. The zero-order chi connectivity index (χ0) is 11.3. The van der Waals surface area contributed by atoms with E-state index in [0.717, 1.165) is 12.8 Å². The normalized spacial score (nSPS) is 18.0. The van der Waals surface area contributed by atoms with Crippen molar-refractivity contribution < 1.29 is 9.59 Å². The number of likely N-dealkylation sites (tertiary alicyclic amines) is 1. The minimum absolute atomic E-state index is 0.00299. The summed E-state index contributed by atoms with van der Waals surface area (Å²) in [5, 5.41) is 2.72. The van der Waals surface area contributed by atoms with Crippen LogP contribution < -0.4 is 11.1 Å². The van der Waals surface area contributed by atoms with Crippen LogP contribution in [0, 0.1) is 0 Å². The average molecular weight is 213 g/mol. The number of nitrogens with two attached hydrogens (primary N) is 1. The Labute approximate surface area is 90.0 Å². The number of rotatable bonds is 5. The molecule has 5 nitrogen and oxygen atoms in total. The molecule has 1 unspecified atom stereocenters. The topological polar surface area (TPSA) is 75.4 Å². The quantitative estimate of drug-likeness (QED) is 0.644. The Morgan fingerprint density at radius 3 is 2.93 bits per heavy atom. The molecule has 1 rings (SSSR count). The minimum Gasteiger partial charge on any atom is -0.353 e. The van der Waals surface area contributed by atoms with Crippen molar-refractivity contribution in [3.63, 3.8) is 0 Å². The predicted octanol–water partition coefficient (Wildman–Crippen LogP) is -0.538. The SMILES string of the molecule is CCC(N)CNC(=O)CN1CCCC1=O. The third-order valence-corrected chi connectivity index (χ3v) is 2.59. The van der Waals surface area contributed by atoms with Crippen LogP contribution in [0.3, 0.4) is 0 Å². The minimum atomic E-state index is -0.117. The van der Waals surface area contributed by atoms with Crippen molar-refractivity contribution >= 4 is 11.8 Å². The fourth-order valence-corrected chi connectivity index (χ4v) is 1.49. The van der Waals surface area contributed by atoms with E-state index in [1.54, 1.807) is 4.90 Å². The van der Waals surface area contributed by atoms with Crippen molar-refractivity contribution in [2.75, 3.05) is 19.6 Å². The molecule has 1 heterocycles. The van der Waals surface area contributed by atoms with E-state index >= 15 is 0 Å². The zero-order valence-electron chi connectivity index (χ0n) is 9.16. The van der Waals surface area contributed by atoms with Gasteiger partial charge in [-0.05, 0) is 12.8 Å². The molecule has 0 saturated carbocycles. The van der Waals surface area contributed by atoms with Crippen molar-refractivity contribution in [3.05, 3.63) is 0 Å². The number of carbonyl (C=O) groups is 2. The lowest BCUT2D eigenvalue weighted by atomic mass is 10.2. The molecule has 15 heavy (non-hydrogen) atoms. The van der Waals surface area contributed by atoms with E-state index in [9.17, 15) is 9.59 Å². The lowest BCUT2D eigenvalue weighted by Crippen LogP contribution is -2.42. The second kappa shape index (κ2) is 5.70. The van der Waals surface area contributed by atoms with Crippen molar-refractivity contribution in [1.82, 2.24) is 10.2 Å². The Bertz CT molecular complexity index is 243. The molecule has 0 aromatic rings. The van der Waals surface area contributed by atoms with E-state index in [0.29, 0.717) is 19.5 Å². The van der Waals surface area contributed by atoms with Gasteiger partial charge >= 0.3 is 0 Å². The molecule has 1 saturated heterocycles. The lowest BCUT2D eigenvalue weighted by molar-refractivity contribution is -0.133. The van der Waals surface area contributed by atoms with Gasteiger partial charge in [0.1, 0.15) is 0 Å². The Hall–Kier alpha value is -1.10. The number of amides is 2. The molecule has 0 aromatic carbocycles. The maximum absolute atomic E-state index is 11.4. The Morgan fingerprint density at radius 2 is 2.40 bits per heavy atom. The average Bonchev–Trinajstić information content (AvgIpc) is 2.61. The molecular formula is C10H19N3O2. The molecule has 1 aliphatic rings. The summed E-state index contributed by atoms with van der Waals surface area (Å²) in [6.07, 6.45) is 2.27. The smallest absolute Gasteiger partial charge is 0.239 e. The molecule has 0 bridgehead atoms. The predicted molar refractivity (Wildman–Crippen MR) is 57.1 cm³/mol. The third kappa shape index (κ3) is 3.87. The van der Waals surface area contributed by atoms with Gasteiger partial charge in [0.2, 0.25) is 11.8 Å². The standard InChI is InChI=1S/C10H19N3O2/c1-2-8(11)6-12-9(14)7-13-5-3-4-10(13)15/h8H,2-7,11H2,1H3,(H,12,14). The molecule has 1 aliphatic heterocycles. The highest BCUT2D eigenvalue weighted by Gasteiger charge is 2.22. The first-order valence-electron chi connectivity index (χ1n) is 5.43. The largest absolute Gasteiger partial charge is 0.353 e. The fourth-order valence-electron chi connectivity index (χ4n) is 1.49. The van der Waals surface area contributed by atoms with Crippen LogP contribution in [0.5, 0.6) is 0 Å². The van der Waals surface area contributed by atoms with Gasteiger partial charge in [-0.15, -0.1) is 0 Å². The van der Waals surface area contributed by atoms with Crippen LogP contribution in [-0.2, 0) is 9.59 Å². The van der Waals surface area contributed by atoms with Crippen molar-refractivity contribution in [1.29, 1.82) is 0 Å². The maximum atomic E-state index is 11.4. The number of carbonyl (C=O) groups excluding carboxylic acids is 2. The van der Waals surface area contributed by atoms with Gasteiger partial charge in [0, 0.05) is 25.6 Å². The number of nitrogens with zero attached hydrogens (tertiary/aromatic N) is 1. The molecular weight excluding hydrogens is 194 g/mol. The summed E-state index contributed by atoms with van der Waals surface area (Å²) in [5.74, 6) is -0.0425. The van der Waals surface area contributed by atoms with E-state index in [1.807, 2.05) is 6.92 Å². The molecule has 3 N–H and O–H groups in total. The second-order valence-electron chi connectivity index (χ2n) is 3.89. The van der Waals surface area contributed by atoms with Gasteiger partial charge in [-0.1, -0.05) is 6.92 Å². The summed E-state index contributed by atoms with van der Waals surface area (Å²) in [4.78, 5) is 24.2. The highest BCUT2D eigenvalue weighted by molar-refractivity contribution is 5.85. The molecule has 0 aliphatic carbocycles. The summed E-state index contributed by atoms with van der Waals surface area (Å²) in [6, 6.07) is 0.00299. The molecule has 86 valence electrons. The first-order valence-corrected chi connectivity index (χ1v) is 5.43. The summed E-state index contributed by atoms with van der Waals surface area (Å²) in [6.45, 7) is 3.33. The van der Waals surface area contributed by atoms with Crippen LogP contribution in [0.2, 0.25) is 0 Å². The second-order valence-corrected chi connectivity index (χ2v) is 3.89. The first kappa shape index (κ1) is 12.0. The zero-order valence-corrected chi connectivity index (χ0v) is 9.16. The van der Waals surface area contributed by atoms with Crippen molar-refractivity contribution in [3.8, 4) is 0 Å². The van der Waals surface area contributed by atoms with Crippen LogP contribution in [-0.4, -0.2) is 42.4 Å². The summed E-state index contributed by atoms with van der Waals surface area (Å²) in [5.41, 5.74) is 5.66. The molecule has 0 aromatic heterocycles. The summed E-state index contributed by atoms with van der Waals surface area (Å²) >= 11 is 0. The monoisotopic (exact) mass is 213 g/mol. The summed E-state index contributed by atoms with van der Waals surface area (Å²) < 4.78 is 0. The summed E-state index contributed by atoms with van der Waals surface area (Å²) in [7, 11) is 0. The van der Waals surface area contributed by atoms with Crippen LogP contribution >= 0.6 is 0 Å². The number of hydrogen-bond acceptors (Lipinski definition) is 3. The van der Waals surface area contributed by atoms with Gasteiger partial charge in [-0.3, -0.25) is 9.59 Å². The maximum Gasteiger partial charge on any atom is 0.239 e. The fraction of sp³-hybridized carbons (Fsp3) is 0.800. The third-order valence-electron chi connectivity index (χ3n) is 2.59. The molecule has 5 heteroatoms. The van der Waals surface area contributed by atoms with Gasteiger partial charge in [-0.25, -0.2) is 0 Å². The molecule has 0 radical (unpaired) electrons. The van der Waals surface area contributed by atoms with Crippen LogP contribution in [0.1, 0.15) is 26.2 Å². The van der Waals surface area contributed by atoms with Crippen LogP contribution in [0.15, 0.2) is 0 Å². The van der Waals surface area contributed by atoms with Gasteiger partial charge < -0.3 is 16.0 Å².